The zero-order chi connectivity index (χ0) is 16.6. The van der Waals surface area contributed by atoms with E-state index >= 15 is 0 Å². The van der Waals surface area contributed by atoms with Gasteiger partial charge in [-0.15, -0.1) is 0 Å². The average Bonchev–Trinajstić information content (AvgIpc) is 3.12. The van der Waals surface area contributed by atoms with Crippen LogP contribution in [0.25, 0.3) is 0 Å². The van der Waals surface area contributed by atoms with Crippen molar-refractivity contribution in [1.29, 1.82) is 0 Å². The normalized spacial score (nSPS) is 21.5. The van der Waals surface area contributed by atoms with Crippen molar-refractivity contribution < 1.29 is 14.4 Å². The van der Waals surface area contributed by atoms with Crippen LogP contribution >= 0.6 is 0 Å². The Morgan fingerprint density at radius 2 is 2.09 bits per heavy atom. The average molecular weight is 315 g/mol. The van der Waals surface area contributed by atoms with Gasteiger partial charge in [0.05, 0.1) is 11.1 Å². The van der Waals surface area contributed by atoms with E-state index in [9.17, 15) is 14.4 Å². The number of hydrogen-bond donors (Lipinski definition) is 2. The molecule has 0 spiro atoms. The fourth-order valence-electron chi connectivity index (χ4n) is 3.14. The maximum Gasteiger partial charge on any atom is 0.262 e. The van der Waals surface area contributed by atoms with Gasteiger partial charge in [0, 0.05) is 12.6 Å². The zero-order valence-electron chi connectivity index (χ0n) is 13.4. The highest BCUT2D eigenvalue weighted by Crippen LogP contribution is 2.25. The summed E-state index contributed by atoms with van der Waals surface area (Å²) in [4.78, 5) is 38.3. The highest BCUT2D eigenvalue weighted by Gasteiger charge is 2.40. The van der Waals surface area contributed by atoms with Crippen molar-refractivity contribution >= 4 is 17.7 Å². The van der Waals surface area contributed by atoms with Crippen LogP contribution in [0.1, 0.15) is 46.0 Å². The predicted octanol–water partition coefficient (Wildman–Crippen LogP) is 0.848. The fourth-order valence-corrected chi connectivity index (χ4v) is 3.14. The molecule has 122 valence electrons. The number of aryl methyl sites for hydroxylation is 1. The molecule has 0 bridgehead atoms. The lowest BCUT2D eigenvalue weighted by atomic mass is 10.1. The van der Waals surface area contributed by atoms with Crippen molar-refractivity contribution in [2.45, 2.75) is 38.8 Å². The van der Waals surface area contributed by atoms with Crippen LogP contribution in [0.2, 0.25) is 0 Å². The van der Waals surface area contributed by atoms with Crippen molar-refractivity contribution in [3.05, 3.63) is 34.9 Å². The van der Waals surface area contributed by atoms with Crippen LogP contribution in [0.5, 0.6) is 0 Å². The van der Waals surface area contributed by atoms with Crippen molar-refractivity contribution in [2.75, 3.05) is 13.1 Å². The molecule has 2 N–H and O–H groups in total. The number of hydrogen-bond acceptors (Lipinski definition) is 4. The molecule has 2 aliphatic rings. The van der Waals surface area contributed by atoms with Gasteiger partial charge >= 0.3 is 0 Å². The van der Waals surface area contributed by atoms with Crippen molar-refractivity contribution in [2.24, 2.45) is 0 Å². The smallest absolute Gasteiger partial charge is 0.262 e. The van der Waals surface area contributed by atoms with Gasteiger partial charge in [-0.25, -0.2) is 0 Å². The van der Waals surface area contributed by atoms with Gasteiger partial charge in [0.1, 0.15) is 6.04 Å². The van der Waals surface area contributed by atoms with E-state index in [1.807, 2.05) is 6.92 Å². The molecule has 6 nitrogen and oxygen atoms in total. The summed E-state index contributed by atoms with van der Waals surface area (Å²) in [6.07, 6.45) is 2.13. The summed E-state index contributed by atoms with van der Waals surface area (Å²) in [5.41, 5.74) is 1.67. The molecule has 0 radical (unpaired) electrons. The van der Waals surface area contributed by atoms with E-state index in [-0.39, 0.29) is 11.9 Å². The van der Waals surface area contributed by atoms with Gasteiger partial charge in [0.25, 0.3) is 11.8 Å². The van der Waals surface area contributed by atoms with Crippen molar-refractivity contribution in [3.8, 4) is 0 Å². The van der Waals surface area contributed by atoms with E-state index in [4.69, 9.17) is 0 Å². The molecule has 6 heteroatoms. The maximum atomic E-state index is 12.5. The first-order valence-corrected chi connectivity index (χ1v) is 7.98. The molecule has 0 aromatic heterocycles. The number of fused-ring (bicyclic) bond motifs is 1. The second kappa shape index (κ2) is 6.12. The molecule has 2 heterocycles. The molecule has 1 aromatic rings. The second-order valence-corrected chi connectivity index (χ2v) is 6.24. The minimum Gasteiger partial charge on any atom is -0.353 e. The van der Waals surface area contributed by atoms with Gasteiger partial charge in [-0.1, -0.05) is 11.6 Å². The number of nitrogens with zero attached hydrogens (tertiary/aromatic N) is 1. The molecule has 23 heavy (non-hydrogen) atoms. The van der Waals surface area contributed by atoms with E-state index in [0.29, 0.717) is 17.7 Å². The summed E-state index contributed by atoms with van der Waals surface area (Å²) in [5, 5.41) is 6.13. The third-order valence-electron chi connectivity index (χ3n) is 4.53. The molecule has 1 saturated heterocycles. The first-order chi connectivity index (χ1) is 11.0. The summed E-state index contributed by atoms with van der Waals surface area (Å²) < 4.78 is 0. The summed E-state index contributed by atoms with van der Waals surface area (Å²) in [7, 11) is 0. The van der Waals surface area contributed by atoms with Gasteiger partial charge in [-0.05, 0) is 45.4 Å². The van der Waals surface area contributed by atoms with Crippen LogP contribution in [-0.2, 0) is 4.79 Å². The summed E-state index contributed by atoms with van der Waals surface area (Å²) in [6.45, 7) is 4.94. The summed E-state index contributed by atoms with van der Waals surface area (Å²) in [6, 6.07) is 4.60. The van der Waals surface area contributed by atoms with Crippen molar-refractivity contribution in [1.82, 2.24) is 15.5 Å². The van der Waals surface area contributed by atoms with Crippen LogP contribution in [-0.4, -0.2) is 47.8 Å². The summed E-state index contributed by atoms with van der Waals surface area (Å²) >= 11 is 0. The molecule has 2 aliphatic heterocycles. The first kappa shape index (κ1) is 15.7. The topological polar surface area (TPSA) is 78.5 Å². The highest BCUT2D eigenvalue weighted by molar-refractivity contribution is 6.22. The Morgan fingerprint density at radius 3 is 2.78 bits per heavy atom. The minimum atomic E-state index is -0.816. The molecule has 3 amide bonds. The molecule has 0 saturated carbocycles. The van der Waals surface area contributed by atoms with Gasteiger partial charge in [-0.3, -0.25) is 19.3 Å². The number of nitrogens with one attached hydrogen (secondary N) is 2. The van der Waals surface area contributed by atoms with Crippen LogP contribution < -0.4 is 10.6 Å². The molecule has 1 fully saturated rings. The lowest BCUT2D eigenvalue weighted by Crippen LogP contribution is -2.49. The van der Waals surface area contributed by atoms with Gasteiger partial charge in [0.15, 0.2) is 0 Å². The summed E-state index contributed by atoms with van der Waals surface area (Å²) in [5.74, 6) is -1.09. The predicted molar refractivity (Wildman–Crippen MR) is 85.2 cm³/mol. The number of carbonyl (C=O) groups is 3. The molecule has 1 aromatic carbocycles. The molecule has 0 aliphatic carbocycles. The Bertz CT molecular complexity index is 665. The molecule has 2 unspecified atom stereocenters. The highest BCUT2D eigenvalue weighted by atomic mass is 16.2. The lowest BCUT2D eigenvalue weighted by molar-refractivity contribution is -0.124. The monoisotopic (exact) mass is 315 g/mol. The fraction of sp³-hybridized carbons (Fsp3) is 0.471. The maximum absolute atomic E-state index is 12.5. The van der Waals surface area contributed by atoms with E-state index < -0.39 is 17.9 Å². The van der Waals surface area contributed by atoms with E-state index in [1.54, 1.807) is 25.1 Å². The number of rotatable bonds is 4. The Labute approximate surface area is 135 Å². The standard InChI is InChI=1S/C17H21N3O3/c1-10-5-6-13-14(8-10)17(23)20(16(13)22)11(2)15(21)19-9-12-4-3-7-18-12/h5-6,8,11-12,18H,3-4,7,9H2,1-2H3,(H,19,21). The van der Waals surface area contributed by atoms with E-state index in [0.717, 1.165) is 29.8 Å². The van der Waals surface area contributed by atoms with Crippen LogP contribution in [0, 0.1) is 6.92 Å². The van der Waals surface area contributed by atoms with Crippen LogP contribution in [0.15, 0.2) is 18.2 Å². The molecule has 2 atom stereocenters. The third-order valence-corrected chi connectivity index (χ3v) is 4.53. The van der Waals surface area contributed by atoms with Crippen LogP contribution in [0.3, 0.4) is 0 Å². The first-order valence-electron chi connectivity index (χ1n) is 7.98. The largest absolute Gasteiger partial charge is 0.353 e. The van der Waals surface area contributed by atoms with Gasteiger partial charge in [-0.2, -0.15) is 0 Å². The number of imide groups is 1. The van der Waals surface area contributed by atoms with Crippen molar-refractivity contribution in [3.63, 3.8) is 0 Å². The van der Waals surface area contributed by atoms with E-state index in [2.05, 4.69) is 10.6 Å². The minimum absolute atomic E-state index is 0.274. The van der Waals surface area contributed by atoms with E-state index in [1.165, 1.54) is 0 Å². The van der Waals surface area contributed by atoms with Gasteiger partial charge < -0.3 is 10.6 Å². The third kappa shape index (κ3) is 2.86. The second-order valence-electron chi connectivity index (χ2n) is 6.24. The van der Waals surface area contributed by atoms with Crippen LogP contribution in [0.4, 0.5) is 0 Å². The zero-order valence-corrected chi connectivity index (χ0v) is 13.4. The quantitative estimate of drug-likeness (QED) is 0.807. The molecule has 3 rings (SSSR count). The molecular weight excluding hydrogens is 294 g/mol. The molecular formula is C17H21N3O3. The number of benzene rings is 1. The lowest BCUT2D eigenvalue weighted by Gasteiger charge is -2.22. The Morgan fingerprint density at radius 1 is 1.35 bits per heavy atom. The number of carbonyl (C=O) groups excluding carboxylic acids is 3. The van der Waals surface area contributed by atoms with Gasteiger partial charge in [0.2, 0.25) is 5.91 Å². The Kier molecular flexibility index (Phi) is 4.17. The Balaban J connectivity index is 1.70. The number of amides is 3. The SMILES string of the molecule is Cc1ccc2c(c1)C(=O)N(C(C)C(=O)NCC1CCCN1)C2=O. The Hall–Kier alpha value is -2.21.